The zero-order chi connectivity index (χ0) is 14.3. The number of hydrogen-bond donors (Lipinski definition) is 0. The zero-order valence-corrected chi connectivity index (χ0v) is 12.5. The Balaban J connectivity index is 2.60. The minimum absolute atomic E-state index is 0.0144. The fraction of sp³-hybridized carbons (Fsp3) is 0.533. The highest BCUT2D eigenvalue weighted by Gasteiger charge is 2.09. The van der Waals surface area contributed by atoms with Crippen LogP contribution in [-0.2, 0) is 0 Å². The molecule has 0 aromatic heterocycles. The van der Waals surface area contributed by atoms with Gasteiger partial charge in [-0.2, -0.15) is 0 Å². The summed E-state index contributed by atoms with van der Waals surface area (Å²) in [4.78, 5) is 11.3. The molecule has 1 rings (SSSR count). The molecule has 0 spiro atoms. The molecule has 0 N–H and O–H groups in total. The fourth-order valence-electron chi connectivity index (χ4n) is 1.71. The Morgan fingerprint density at radius 3 is 2.63 bits per heavy atom. The second kappa shape index (κ2) is 8.05. The fourth-order valence-corrected chi connectivity index (χ4v) is 2.08. The molecule has 0 saturated heterocycles. The predicted octanol–water partition coefficient (Wildman–Crippen LogP) is 3.93. The number of ether oxygens (including phenoxy) is 2. The van der Waals surface area contributed by atoms with Gasteiger partial charge in [0, 0.05) is 11.4 Å². The highest BCUT2D eigenvalue weighted by atomic mass is 35.5. The molecule has 0 aliphatic carbocycles. The summed E-state index contributed by atoms with van der Waals surface area (Å²) < 4.78 is 10.9. The number of carbonyl (C=O) groups is 1. The number of methoxy groups -OCH3 is 1. The smallest absolute Gasteiger partial charge is 0.161 e. The van der Waals surface area contributed by atoms with E-state index in [0.717, 1.165) is 12.8 Å². The van der Waals surface area contributed by atoms with Crippen LogP contribution < -0.4 is 9.47 Å². The molecular formula is C15H21ClO3. The van der Waals surface area contributed by atoms with Crippen molar-refractivity contribution in [2.24, 2.45) is 5.92 Å². The molecule has 1 aromatic rings. The van der Waals surface area contributed by atoms with Gasteiger partial charge in [-0.15, -0.1) is 11.6 Å². The van der Waals surface area contributed by atoms with Gasteiger partial charge in [0.05, 0.1) is 13.7 Å². The zero-order valence-electron chi connectivity index (χ0n) is 11.7. The van der Waals surface area contributed by atoms with Gasteiger partial charge in [-0.05, 0) is 43.9 Å². The summed E-state index contributed by atoms with van der Waals surface area (Å²) in [5, 5.41) is 0. The summed E-state index contributed by atoms with van der Waals surface area (Å²) >= 11 is 5.69. The lowest BCUT2D eigenvalue weighted by molar-refractivity contribution is 0.101. The Kier molecular flexibility index (Phi) is 6.71. The normalized spacial score (nSPS) is 12.0. The van der Waals surface area contributed by atoms with Gasteiger partial charge >= 0.3 is 0 Å². The van der Waals surface area contributed by atoms with Crippen molar-refractivity contribution in [1.29, 1.82) is 0 Å². The summed E-state index contributed by atoms with van der Waals surface area (Å²) in [5.41, 5.74) is 0.625. The first-order chi connectivity index (χ1) is 9.08. The molecule has 3 nitrogen and oxygen atoms in total. The monoisotopic (exact) mass is 284 g/mol. The van der Waals surface area contributed by atoms with Crippen LogP contribution in [0.15, 0.2) is 18.2 Å². The molecule has 0 aliphatic rings. The van der Waals surface area contributed by atoms with Crippen LogP contribution in [0, 0.1) is 5.92 Å². The van der Waals surface area contributed by atoms with Crippen LogP contribution in [0.1, 0.15) is 37.0 Å². The molecule has 0 bridgehead atoms. The van der Waals surface area contributed by atoms with Gasteiger partial charge in [0.1, 0.15) is 0 Å². The Hall–Kier alpha value is -1.22. The van der Waals surface area contributed by atoms with Crippen LogP contribution in [0.25, 0.3) is 0 Å². The van der Waals surface area contributed by atoms with E-state index in [-0.39, 0.29) is 5.78 Å². The Morgan fingerprint density at radius 1 is 1.32 bits per heavy atom. The Morgan fingerprint density at radius 2 is 2.05 bits per heavy atom. The van der Waals surface area contributed by atoms with E-state index in [0.29, 0.717) is 35.5 Å². The lowest BCUT2D eigenvalue weighted by Gasteiger charge is -2.13. The number of alkyl halides is 1. The summed E-state index contributed by atoms with van der Waals surface area (Å²) in [6, 6.07) is 5.24. The highest BCUT2D eigenvalue weighted by Crippen LogP contribution is 2.28. The molecule has 0 saturated carbocycles. The maximum absolute atomic E-state index is 11.3. The average molecular weight is 285 g/mol. The van der Waals surface area contributed by atoms with Crippen molar-refractivity contribution in [2.45, 2.75) is 26.7 Å². The Bertz CT molecular complexity index is 418. The Labute approximate surface area is 119 Å². The van der Waals surface area contributed by atoms with E-state index >= 15 is 0 Å². The molecule has 0 radical (unpaired) electrons. The number of benzene rings is 1. The van der Waals surface area contributed by atoms with Crippen LogP contribution in [-0.4, -0.2) is 25.4 Å². The van der Waals surface area contributed by atoms with Gasteiger partial charge in [-0.25, -0.2) is 0 Å². The van der Waals surface area contributed by atoms with Crippen LogP contribution >= 0.6 is 11.6 Å². The molecule has 0 amide bonds. The van der Waals surface area contributed by atoms with Crippen LogP contribution in [0.3, 0.4) is 0 Å². The predicted molar refractivity (Wildman–Crippen MR) is 77.6 cm³/mol. The maximum atomic E-state index is 11.3. The molecule has 1 atom stereocenters. The molecule has 4 heteroatoms. The SMILES string of the molecule is COc1cc(C(C)=O)ccc1OCCC(C)CCCl. The molecule has 19 heavy (non-hydrogen) atoms. The number of halogens is 1. The van der Waals surface area contributed by atoms with Crippen molar-refractivity contribution >= 4 is 17.4 Å². The van der Waals surface area contributed by atoms with Gasteiger partial charge in [0.25, 0.3) is 0 Å². The number of ketones is 1. The molecule has 1 aromatic carbocycles. The molecule has 0 aliphatic heterocycles. The van der Waals surface area contributed by atoms with Gasteiger partial charge in [-0.3, -0.25) is 4.79 Å². The first kappa shape index (κ1) is 15.8. The molecule has 1 unspecified atom stereocenters. The number of Topliss-reactive ketones (excluding diaryl/α,β-unsaturated/α-hetero) is 1. The van der Waals surface area contributed by atoms with Crippen molar-refractivity contribution in [1.82, 2.24) is 0 Å². The highest BCUT2D eigenvalue weighted by molar-refractivity contribution is 6.17. The van der Waals surface area contributed by atoms with Gasteiger partial charge < -0.3 is 9.47 Å². The van der Waals surface area contributed by atoms with Crippen molar-refractivity contribution in [3.63, 3.8) is 0 Å². The van der Waals surface area contributed by atoms with Crippen molar-refractivity contribution in [2.75, 3.05) is 19.6 Å². The van der Waals surface area contributed by atoms with E-state index in [9.17, 15) is 4.79 Å². The lowest BCUT2D eigenvalue weighted by Crippen LogP contribution is -2.06. The van der Waals surface area contributed by atoms with E-state index in [1.165, 1.54) is 6.92 Å². The van der Waals surface area contributed by atoms with E-state index < -0.39 is 0 Å². The minimum Gasteiger partial charge on any atom is -0.493 e. The first-order valence-corrected chi connectivity index (χ1v) is 6.99. The van der Waals surface area contributed by atoms with Crippen molar-refractivity contribution in [3.8, 4) is 11.5 Å². The van der Waals surface area contributed by atoms with Gasteiger partial charge in [0.2, 0.25) is 0 Å². The molecular weight excluding hydrogens is 264 g/mol. The van der Waals surface area contributed by atoms with E-state index in [2.05, 4.69) is 6.92 Å². The molecule has 106 valence electrons. The van der Waals surface area contributed by atoms with Gasteiger partial charge in [-0.1, -0.05) is 6.92 Å². The average Bonchev–Trinajstić information content (AvgIpc) is 2.39. The topological polar surface area (TPSA) is 35.5 Å². The lowest BCUT2D eigenvalue weighted by atomic mass is 10.1. The quantitative estimate of drug-likeness (QED) is 0.536. The maximum Gasteiger partial charge on any atom is 0.161 e. The standard InChI is InChI=1S/C15H21ClO3/c1-11(6-8-16)7-9-19-14-5-4-13(12(2)17)10-15(14)18-3/h4-5,10-11H,6-9H2,1-3H3. The summed E-state index contributed by atoms with van der Waals surface area (Å²) in [6.45, 7) is 4.30. The third-order valence-electron chi connectivity index (χ3n) is 3.04. The summed E-state index contributed by atoms with van der Waals surface area (Å²) in [7, 11) is 1.57. The van der Waals surface area contributed by atoms with Crippen LogP contribution in [0.5, 0.6) is 11.5 Å². The number of hydrogen-bond acceptors (Lipinski definition) is 3. The first-order valence-electron chi connectivity index (χ1n) is 6.46. The van der Waals surface area contributed by atoms with E-state index in [1.54, 1.807) is 25.3 Å². The second-order valence-corrected chi connectivity index (χ2v) is 5.02. The third kappa shape index (κ3) is 5.11. The number of carbonyl (C=O) groups excluding carboxylic acids is 1. The summed E-state index contributed by atoms with van der Waals surface area (Å²) in [5.74, 6) is 2.50. The largest absolute Gasteiger partial charge is 0.493 e. The van der Waals surface area contributed by atoms with Crippen molar-refractivity contribution < 1.29 is 14.3 Å². The summed E-state index contributed by atoms with van der Waals surface area (Å²) in [6.07, 6.45) is 1.94. The van der Waals surface area contributed by atoms with E-state index in [1.807, 2.05) is 0 Å². The van der Waals surface area contributed by atoms with Crippen molar-refractivity contribution in [3.05, 3.63) is 23.8 Å². The van der Waals surface area contributed by atoms with E-state index in [4.69, 9.17) is 21.1 Å². The van der Waals surface area contributed by atoms with Crippen LogP contribution in [0.4, 0.5) is 0 Å². The van der Waals surface area contributed by atoms with Gasteiger partial charge in [0.15, 0.2) is 17.3 Å². The molecule has 0 heterocycles. The molecule has 0 fully saturated rings. The van der Waals surface area contributed by atoms with Crippen LogP contribution in [0.2, 0.25) is 0 Å². The minimum atomic E-state index is 0.0144. The third-order valence-corrected chi connectivity index (χ3v) is 3.26. The number of rotatable bonds is 8. The second-order valence-electron chi connectivity index (χ2n) is 4.64.